The molecule has 3 rings (SSSR count). The third kappa shape index (κ3) is 3.47. The van der Waals surface area contributed by atoms with Gasteiger partial charge in [-0.05, 0) is 48.7 Å². The number of aromatic nitrogens is 2. The summed E-state index contributed by atoms with van der Waals surface area (Å²) in [4.78, 5) is 12.2. The molecule has 7 heteroatoms. The SMILES string of the molecule is CSC(=Nc1ccc2nc(-c3ccc(Cl)cc3)[nH]c2c1)NC#N. The molecule has 0 bridgehead atoms. The summed E-state index contributed by atoms with van der Waals surface area (Å²) in [6.07, 6.45) is 3.73. The minimum atomic E-state index is 0.546. The molecule has 0 saturated carbocycles. The van der Waals surface area contributed by atoms with Gasteiger partial charge in [-0.25, -0.2) is 9.98 Å². The highest BCUT2D eigenvalue weighted by molar-refractivity contribution is 8.13. The molecular formula is C16H12ClN5S. The van der Waals surface area contributed by atoms with E-state index in [1.807, 2.05) is 54.9 Å². The lowest BCUT2D eigenvalue weighted by molar-refractivity contribution is 1.28. The summed E-state index contributed by atoms with van der Waals surface area (Å²) in [5, 5.41) is 12.5. The number of amidine groups is 1. The molecule has 0 fully saturated rings. The maximum Gasteiger partial charge on any atom is 0.183 e. The molecule has 23 heavy (non-hydrogen) atoms. The van der Waals surface area contributed by atoms with Gasteiger partial charge < -0.3 is 4.98 Å². The Bertz CT molecular complexity index is 908. The molecule has 0 aliphatic carbocycles. The van der Waals surface area contributed by atoms with E-state index in [9.17, 15) is 0 Å². The number of hydrogen-bond acceptors (Lipinski definition) is 4. The second kappa shape index (κ2) is 6.73. The number of rotatable bonds is 2. The van der Waals surface area contributed by atoms with Crippen LogP contribution in [0.3, 0.4) is 0 Å². The van der Waals surface area contributed by atoms with E-state index in [1.165, 1.54) is 11.8 Å². The molecule has 5 nitrogen and oxygen atoms in total. The third-order valence-electron chi connectivity index (χ3n) is 3.17. The summed E-state index contributed by atoms with van der Waals surface area (Å²) >= 11 is 7.29. The Morgan fingerprint density at radius 3 is 2.78 bits per heavy atom. The van der Waals surface area contributed by atoms with Crippen molar-refractivity contribution in [2.24, 2.45) is 4.99 Å². The number of hydrogen-bond donors (Lipinski definition) is 2. The van der Waals surface area contributed by atoms with Crippen molar-refractivity contribution < 1.29 is 0 Å². The number of aliphatic imine (C=N–C) groups is 1. The predicted molar refractivity (Wildman–Crippen MR) is 95.9 cm³/mol. The van der Waals surface area contributed by atoms with E-state index in [4.69, 9.17) is 16.9 Å². The van der Waals surface area contributed by atoms with Gasteiger partial charge in [0.05, 0.1) is 16.7 Å². The average molecular weight is 342 g/mol. The van der Waals surface area contributed by atoms with Crippen LogP contribution in [-0.4, -0.2) is 21.4 Å². The Hall–Kier alpha value is -2.49. The zero-order valence-corrected chi connectivity index (χ0v) is 13.7. The fourth-order valence-electron chi connectivity index (χ4n) is 2.10. The van der Waals surface area contributed by atoms with Crippen LogP contribution in [0.25, 0.3) is 22.4 Å². The van der Waals surface area contributed by atoms with Crippen LogP contribution < -0.4 is 5.32 Å². The lowest BCUT2D eigenvalue weighted by atomic mass is 10.2. The second-order valence-electron chi connectivity index (χ2n) is 4.65. The molecule has 114 valence electrons. The number of thioether (sulfide) groups is 1. The van der Waals surface area contributed by atoms with Crippen molar-refractivity contribution in [2.45, 2.75) is 0 Å². The van der Waals surface area contributed by atoms with Crippen molar-refractivity contribution in [3.05, 3.63) is 47.5 Å². The van der Waals surface area contributed by atoms with Gasteiger partial charge in [0.15, 0.2) is 11.4 Å². The Labute approximate surface area is 142 Å². The standard InChI is InChI=1S/C16H12ClN5S/c1-23-16(19-9-18)20-12-6-7-13-14(8-12)22-15(21-13)10-2-4-11(17)5-3-10/h2-8H,1H3,(H,19,20)(H,21,22). The van der Waals surface area contributed by atoms with Crippen molar-refractivity contribution in [1.82, 2.24) is 15.3 Å². The second-order valence-corrected chi connectivity index (χ2v) is 5.88. The van der Waals surface area contributed by atoms with Crippen LogP contribution >= 0.6 is 23.4 Å². The van der Waals surface area contributed by atoms with Gasteiger partial charge in [0.2, 0.25) is 0 Å². The first-order valence-corrected chi connectivity index (χ1v) is 8.33. The number of H-pyrrole nitrogens is 1. The van der Waals surface area contributed by atoms with Crippen molar-refractivity contribution in [3.8, 4) is 17.6 Å². The third-order valence-corrected chi connectivity index (χ3v) is 4.00. The summed E-state index contributed by atoms with van der Waals surface area (Å²) in [5.74, 6) is 0.776. The van der Waals surface area contributed by atoms with Gasteiger partial charge in [0.25, 0.3) is 0 Å². The number of nitrogens with zero attached hydrogens (tertiary/aromatic N) is 3. The summed E-state index contributed by atoms with van der Waals surface area (Å²) in [7, 11) is 0. The fraction of sp³-hybridized carbons (Fsp3) is 0.0625. The van der Waals surface area contributed by atoms with Crippen molar-refractivity contribution in [2.75, 3.05) is 6.26 Å². The van der Waals surface area contributed by atoms with Crippen LogP contribution in [0.2, 0.25) is 5.02 Å². The molecule has 1 heterocycles. The number of nitrogens with one attached hydrogen (secondary N) is 2. The van der Waals surface area contributed by atoms with Gasteiger partial charge in [-0.2, -0.15) is 5.26 Å². The molecule has 2 aromatic carbocycles. The highest BCUT2D eigenvalue weighted by Gasteiger charge is 2.06. The van der Waals surface area contributed by atoms with Crippen LogP contribution in [0.15, 0.2) is 47.5 Å². The number of nitriles is 1. The maximum atomic E-state index is 8.69. The molecule has 0 atom stereocenters. The minimum Gasteiger partial charge on any atom is -0.338 e. The minimum absolute atomic E-state index is 0.546. The summed E-state index contributed by atoms with van der Waals surface area (Å²) in [6.45, 7) is 0. The van der Waals surface area contributed by atoms with E-state index in [2.05, 4.69) is 20.3 Å². The molecule has 1 aromatic heterocycles. The monoisotopic (exact) mass is 341 g/mol. The first kappa shape index (κ1) is 15.4. The zero-order valence-electron chi connectivity index (χ0n) is 12.2. The molecule has 0 saturated heterocycles. The van der Waals surface area contributed by atoms with Gasteiger partial charge in [0.1, 0.15) is 5.82 Å². The van der Waals surface area contributed by atoms with Crippen LogP contribution in [-0.2, 0) is 0 Å². The van der Waals surface area contributed by atoms with E-state index in [0.717, 1.165) is 28.1 Å². The molecule has 0 amide bonds. The molecule has 0 unspecified atom stereocenters. The van der Waals surface area contributed by atoms with Crippen LogP contribution in [0, 0.1) is 11.5 Å². The number of aromatic amines is 1. The van der Waals surface area contributed by atoms with E-state index >= 15 is 0 Å². The quantitative estimate of drug-likeness (QED) is 0.315. The topological polar surface area (TPSA) is 76.9 Å². The Morgan fingerprint density at radius 2 is 2.09 bits per heavy atom. The number of halogens is 1. The number of benzene rings is 2. The highest BCUT2D eigenvalue weighted by Crippen LogP contribution is 2.25. The zero-order chi connectivity index (χ0) is 16.2. The summed E-state index contributed by atoms with van der Waals surface area (Å²) in [6, 6.07) is 13.2. The van der Waals surface area contributed by atoms with Gasteiger partial charge in [-0.1, -0.05) is 23.4 Å². The molecule has 0 radical (unpaired) electrons. The molecular weight excluding hydrogens is 330 g/mol. The molecule has 3 aromatic rings. The number of imidazole rings is 1. The largest absolute Gasteiger partial charge is 0.338 e. The predicted octanol–water partition coefficient (Wildman–Crippen LogP) is 4.30. The Kier molecular flexibility index (Phi) is 4.51. The lowest BCUT2D eigenvalue weighted by Crippen LogP contribution is -2.12. The Balaban J connectivity index is 1.98. The van der Waals surface area contributed by atoms with Crippen LogP contribution in [0.1, 0.15) is 0 Å². The molecule has 2 N–H and O–H groups in total. The van der Waals surface area contributed by atoms with E-state index in [0.29, 0.717) is 10.2 Å². The summed E-state index contributed by atoms with van der Waals surface area (Å²) in [5.41, 5.74) is 3.45. The lowest BCUT2D eigenvalue weighted by Gasteiger charge is -1.99. The first-order valence-electron chi connectivity index (χ1n) is 6.73. The molecule has 0 aliphatic heterocycles. The van der Waals surface area contributed by atoms with Gasteiger partial charge in [-0.15, -0.1) is 0 Å². The normalized spacial score (nSPS) is 11.4. The Morgan fingerprint density at radius 1 is 1.30 bits per heavy atom. The van der Waals surface area contributed by atoms with Crippen LogP contribution in [0.5, 0.6) is 0 Å². The van der Waals surface area contributed by atoms with E-state index in [-0.39, 0.29) is 0 Å². The first-order chi connectivity index (χ1) is 11.2. The fourth-order valence-corrected chi connectivity index (χ4v) is 2.57. The number of fused-ring (bicyclic) bond motifs is 1. The van der Waals surface area contributed by atoms with Gasteiger partial charge in [0, 0.05) is 10.6 Å². The van der Waals surface area contributed by atoms with Gasteiger partial charge in [-0.3, -0.25) is 5.32 Å². The van der Waals surface area contributed by atoms with Gasteiger partial charge >= 0.3 is 0 Å². The molecule has 0 spiro atoms. The smallest absolute Gasteiger partial charge is 0.183 e. The van der Waals surface area contributed by atoms with E-state index < -0.39 is 0 Å². The molecule has 0 aliphatic rings. The highest BCUT2D eigenvalue weighted by atomic mass is 35.5. The van der Waals surface area contributed by atoms with Crippen molar-refractivity contribution in [3.63, 3.8) is 0 Å². The van der Waals surface area contributed by atoms with Crippen LogP contribution in [0.4, 0.5) is 5.69 Å². The average Bonchev–Trinajstić information content (AvgIpc) is 2.98. The summed E-state index contributed by atoms with van der Waals surface area (Å²) < 4.78 is 0. The van der Waals surface area contributed by atoms with Crippen molar-refractivity contribution in [1.29, 1.82) is 5.26 Å². The van der Waals surface area contributed by atoms with E-state index in [1.54, 1.807) is 0 Å². The maximum absolute atomic E-state index is 8.69. The van der Waals surface area contributed by atoms with Crippen molar-refractivity contribution >= 4 is 45.3 Å².